The number of amides is 1. The number of nitrogens with one attached hydrogen (secondary N) is 1. The van der Waals surface area contributed by atoms with Gasteiger partial charge in [0.15, 0.2) is 0 Å². The fraction of sp³-hybridized carbons (Fsp3) is 0.250. The molecule has 1 aromatic rings. The summed E-state index contributed by atoms with van der Waals surface area (Å²) in [5.74, 6) is -1.27. The zero-order valence-electron chi connectivity index (χ0n) is 7.41. The summed E-state index contributed by atoms with van der Waals surface area (Å²) in [6, 6.07) is 2.88. The van der Waals surface area contributed by atoms with E-state index in [-0.39, 0.29) is 5.56 Å². The van der Waals surface area contributed by atoms with Crippen LogP contribution in [0, 0.1) is 5.95 Å². The van der Waals surface area contributed by atoms with Gasteiger partial charge in [0.25, 0.3) is 5.91 Å². The molecule has 1 rings (SSSR count). The average Bonchev–Trinajstić information content (AvgIpc) is 2.03. The first kappa shape index (κ1) is 9.60. The molecule has 70 valence electrons. The Balaban J connectivity index is 2.83. The molecule has 13 heavy (non-hydrogen) atoms. The summed E-state index contributed by atoms with van der Waals surface area (Å²) in [7, 11) is 3.29. The summed E-state index contributed by atoms with van der Waals surface area (Å²) in [6.07, 6.45) is 1.29. The Kier molecular flexibility index (Phi) is 2.92. The van der Waals surface area contributed by atoms with Crippen molar-refractivity contribution in [3.05, 3.63) is 29.8 Å². The van der Waals surface area contributed by atoms with Gasteiger partial charge in [-0.3, -0.25) is 10.2 Å². The van der Waals surface area contributed by atoms with E-state index in [9.17, 15) is 9.18 Å². The minimum atomic E-state index is -0.762. The van der Waals surface area contributed by atoms with Crippen molar-refractivity contribution < 1.29 is 9.18 Å². The number of nitrogens with zero attached hydrogens (tertiary/aromatic N) is 2. The van der Waals surface area contributed by atoms with E-state index in [1.54, 1.807) is 14.1 Å². The molecule has 1 N–H and O–H groups in total. The Morgan fingerprint density at radius 1 is 1.62 bits per heavy atom. The van der Waals surface area contributed by atoms with Crippen molar-refractivity contribution >= 4 is 5.91 Å². The molecule has 0 atom stereocenters. The predicted octanol–water partition coefficient (Wildman–Crippen LogP) is 0.427. The Bertz CT molecular complexity index is 314. The summed E-state index contributed by atoms with van der Waals surface area (Å²) in [5, 5.41) is 1.44. The largest absolute Gasteiger partial charge is 0.285 e. The second kappa shape index (κ2) is 3.95. The van der Waals surface area contributed by atoms with E-state index in [4.69, 9.17) is 0 Å². The third-order valence-corrected chi connectivity index (χ3v) is 1.33. The Morgan fingerprint density at radius 3 is 2.85 bits per heavy atom. The number of aromatic nitrogens is 1. The summed E-state index contributed by atoms with van der Waals surface area (Å²) in [4.78, 5) is 14.6. The smallest absolute Gasteiger partial charge is 0.270 e. The molecule has 4 nitrogen and oxygen atoms in total. The van der Waals surface area contributed by atoms with Crippen LogP contribution in [0.25, 0.3) is 0 Å². The van der Waals surface area contributed by atoms with Crippen LogP contribution in [0.1, 0.15) is 10.4 Å². The first-order valence-electron chi connectivity index (χ1n) is 3.70. The van der Waals surface area contributed by atoms with E-state index in [2.05, 4.69) is 10.4 Å². The lowest BCUT2D eigenvalue weighted by Crippen LogP contribution is -2.36. The molecule has 0 radical (unpaired) electrons. The van der Waals surface area contributed by atoms with Gasteiger partial charge in [0.1, 0.15) is 0 Å². The molecule has 0 aliphatic carbocycles. The molecule has 1 amide bonds. The van der Waals surface area contributed by atoms with Crippen molar-refractivity contribution in [1.29, 1.82) is 0 Å². The fourth-order valence-electron chi connectivity index (χ4n) is 0.819. The predicted molar refractivity (Wildman–Crippen MR) is 45.3 cm³/mol. The van der Waals surface area contributed by atoms with Gasteiger partial charge in [-0.25, -0.2) is 9.99 Å². The van der Waals surface area contributed by atoms with Crippen molar-refractivity contribution in [3.8, 4) is 0 Å². The highest BCUT2D eigenvalue weighted by atomic mass is 19.1. The highest BCUT2D eigenvalue weighted by Crippen LogP contribution is 2.02. The highest BCUT2D eigenvalue weighted by Gasteiger charge is 2.11. The summed E-state index contributed by atoms with van der Waals surface area (Å²) in [6.45, 7) is 0. The van der Waals surface area contributed by atoms with Crippen LogP contribution in [0.2, 0.25) is 0 Å². The van der Waals surface area contributed by atoms with Crippen molar-refractivity contribution in [2.45, 2.75) is 0 Å². The lowest BCUT2D eigenvalue weighted by atomic mass is 10.3. The number of rotatable bonds is 2. The van der Waals surface area contributed by atoms with Crippen LogP contribution in [0.15, 0.2) is 18.3 Å². The van der Waals surface area contributed by atoms with Crippen LogP contribution in [-0.2, 0) is 0 Å². The molecule has 0 aliphatic rings. The van der Waals surface area contributed by atoms with Crippen LogP contribution >= 0.6 is 0 Å². The third kappa shape index (κ3) is 2.48. The maximum Gasteiger partial charge on any atom is 0.270 e. The van der Waals surface area contributed by atoms with Crippen LogP contribution in [0.3, 0.4) is 0 Å². The van der Waals surface area contributed by atoms with Crippen LogP contribution in [-0.4, -0.2) is 30.0 Å². The molecule has 0 aromatic carbocycles. The van der Waals surface area contributed by atoms with Gasteiger partial charge in [0.2, 0.25) is 5.95 Å². The lowest BCUT2D eigenvalue weighted by Gasteiger charge is -2.11. The van der Waals surface area contributed by atoms with E-state index in [1.165, 1.54) is 23.3 Å². The summed E-state index contributed by atoms with van der Waals surface area (Å²) >= 11 is 0. The number of hydrogen-bond acceptors (Lipinski definition) is 3. The van der Waals surface area contributed by atoms with Crippen molar-refractivity contribution in [3.63, 3.8) is 0 Å². The first-order chi connectivity index (χ1) is 6.11. The molecule has 0 aliphatic heterocycles. The Labute approximate surface area is 75.4 Å². The molecular formula is C8H10FN3O. The number of hydrogen-bond donors (Lipinski definition) is 1. The first-order valence-corrected chi connectivity index (χ1v) is 3.70. The van der Waals surface area contributed by atoms with Gasteiger partial charge in [-0.15, -0.1) is 0 Å². The molecule has 1 heterocycles. The molecule has 0 saturated carbocycles. The van der Waals surface area contributed by atoms with Crippen molar-refractivity contribution in [2.24, 2.45) is 0 Å². The SMILES string of the molecule is CN(C)NC(=O)c1cccnc1F. The van der Waals surface area contributed by atoms with Gasteiger partial charge >= 0.3 is 0 Å². The molecule has 0 bridgehead atoms. The van der Waals surface area contributed by atoms with Crippen LogP contribution < -0.4 is 5.43 Å². The molecule has 0 saturated heterocycles. The molecular weight excluding hydrogens is 173 g/mol. The van der Waals surface area contributed by atoms with Gasteiger partial charge < -0.3 is 0 Å². The second-order valence-electron chi connectivity index (χ2n) is 2.68. The van der Waals surface area contributed by atoms with E-state index >= 15 is 0 Å². The van der Waals surface area contributed by atoms with E-state index in [0.29, 0.717) is 0 Å². The van der Waals surface area contributed by atoms with E-state index in [0.717, 1.165) is 0 Å². The van der Waals surface area contributed by atoms with Crippen LogP contribution in [0.5, 0.6) is 0 Å². The lowest BCUT2D eigenvalue weighted by molar-refractivity contribution is 0.0851. The summed E-state index contributed by atoms with van der Waals surface area (Å²) in [5.41, 5.74) is 2.36. The normalized spacial score (nSPS) is 10.2. The highest BCUT2D eigenvalue weighted by molar-refractivity contribution is 5.93. The second-order valence-corrected chi connectivity index (χ2v) is 2.68. The molecule has 0 unspecified atom stereocenters. The van der Waals surface area contributed by atoms with Gasteiger partial charge in [-0.1, -0.05) is 0 Å². The average molecular weight is 183 g/mol. The number of hydrazine groups is 1. The Morgan fingerprint density at radius 2 is 2.31 bits per heavy atom. The summed E-state index contributed by atoms with van der Waals surface area (Å²) < 4.78 is 12.9. The van der Waals surface area contributed by atoms with Gasteiger partial charge in [0, 0.05) is 20.3 Å². The monoisotopic (exact) mass is 183 g/mol. The Hall–Kier alpha value is -1.49. The van der Waals surface area contributed by atoms with Crippen molar-refractivity contribution in [2.75, 3.05) is 14.1 Å². The number of carbonyl (C=O) groups excluding carboxylic acids is 1. The minimum absolute atomic E-state index is 0.0591. The van der Waals surface area contributed by atoms with Gasteiger partial charge in [-0.2, -0.15) is 4.39 Å². The molecule has 0 spiro atoms. The minimum Gasteiger partial charge on any atom is -0.285 e. The van der Waals surface area contributed by atoms with E-state index in [1.807, 2.05) is 0 Å². The standard InChI is InChI=1S/C8H10FN3O/c1-12(2)11-8(13)6-4-3-5-10-7(6)9/h3-5H,1-2H3,(H,11,13). The van der Waals surface area contributed by atoms with Crippen molar-refractivity contribution in [1.82, 2.24) is 15.4 Å². The molecule has 0 fully saturated rings. The number of pyridine rings is 1. The fourth-order valence-corrected chi connectivity index (χ4v) is 0.819. The topological polar surface area (TPSA) is 45.2 Å². The van der Waals surface area contributed by atoms with Gasteiger partial charge in [0.05, 0.1) is 5.56 Å². The number of halogens is 1. The maximum atomic E-state index is 12.9. The zero-order chi connectivity index (χ0) is 9.84. The third-order valence-electron chi connectivity index (χ3n) is 1.33. The van der Waals surface area contributed by atoms with E-state index < -0.39 is 11.9 Å². The molecule has 1 aromatic heterocycles. The maximum absolute atomic E-state index is 12.9. The van der Waals surface area contributed by atoms with Gasteiger partial charge in [-0.05, 0) is 12.1 Å². The van der Waals surface area contributed by atoms with Crippen LogP contribution in [0.4, 0.5) is 4.39 Å². The quantitative estimate of drug-likeness (QED) is 0.534. The number of carbonyl (C=O) groups is 1. The molecule has 5 heteroatoms. The zero-order valence-corrected chi connectivity index (χ0v) is 7.41.